The smallest absolute Gasteiger partial charge is 0.414 e. The van der Waals surface area contributed by atoms with E-state index in [1.807, 2.05) is 19.1 Å². The lowest BCUT2D eigenvalue weighted by Gasteiger charge is -2.18. The Balaban J connectivity index is 1.72. The number of hydrogen-bond donors (Lipinski definition) is 0. The van der Waals surface area contributed by atoms with Gasteiger partial charge in [-0.2, -0.15) is 5.26 Å². The molecule has 0 radical (unpaired) electrons. The zero-order valence-corrected chi connectivity index (χ0v) is 15.7. The van der Waals surface area contributed by atoms with Crippen LogP contribution in [0.25, 0.3) is 0 Å². The number of esters is 1. The Hall–Kier alpha value is -2.98. The minimum Gasteiger partial charge on any atom is -0.465 e. The fourth-order valence-electron chi connectivity index (χ4n) is 2.78. The first-order chi connectivity index (χ1) is 13.0. The van der Waals surface area contributed by atoms with Gasteiger partial charge in [-0.1, -0.05) is 12.1 Å². The number of ether oxygens (including phenoxy) is 2. The first kappa shape index (κ1) is 18.8. The van der Waals surface area contributed by atoms with Gasteiger partial charge < -0.3 is 9.47 Å². The third kappa shape index (κ3) is 4.07. The summed E-state index contributed by atoms with van der Waals surface area (Å²) in [7, 11) is 1.35. The first-order valence-electron chi connectivity index (χ1n) is 8.35. The molecule has 1 aliphatic rings. The molecule has 0 spiro atoms. The monoisotopic (exact) mass is 382 g/mol. The van der Waals surface area contributed by atoms with Crippen molar-refractivity contribution in [1.82, 2.24) is 0 Å². The maximum absolute atomic E-state index is 12.3. The first-order valence-corrected chi connectivity index (χ1v) is 9.23. The van der Waals surface area contributed by atoms with Gasteiger partial charge in [-0.05, 0) is 43.3 Å². The predicted octanol–water partition coefficient (Wildman–Crippen LogP) is 3.85. The molecular weight excluding hydrogens is 364 g/mol. The molecule has 0 N–H and O–H groups in total. The normalized spacial score (nSPS) is 17.1. The molecule has 3 rings (SSSR count). The van der Waals surface area contributed by atoms with Crippen molar-refractivity contribution in [3.05, 3.63) is 59.7 Å². The van der Waals surface area contributed by atoms with Crippen LogP contribution < -0.4 is 4.90 Å². The van der Waals surface area contributed by atoms with Crippen LogP contribution in [-0.2, 0) is 9.47 Å². The zero-order chi connectivity index (χ0) is 19.4. The Bertz CT molecular complexity index is 892. The van der Waals surface area contributed by atoms with Gasteiger partial charge in [0.15, 0.2) is 0 Å². The topological polar surface area (TPSA) is 79.6 Å². The van der Waals surface area contributed by atoms with E-state index >= 15 is 0 Å². The minimum absolute atomic E-state index is 0.0665. The summed E-state index contributed by atoms with van der Waals surface area (Å²) >= 11 is 1.47. The summed E-state index contributed by atoms with van der Waals surface area (Å²) in [6, 6.07) is 16.0. The van der Waals surface area contributed by atoms with E-state index < -0.39 is 12.1 Å². The summed E-state index contributed by atoms with van der Waals surface area (Å²) in [4.78, 5) is 26.5. The van der Waals surface area contributed by atoms with Gasteiger partial charge >= 0.3 is 12.1 Å². The van der Waals surface area contributed by atoms with Gasteiger partial charge in [-0.3, -0.25) is 4.90 Å². The fraction of sp³-hybridized carbons (Fsp3) is 0.250. The van der Waals surface area contributed by atoms with Crippen LogP contribution in [0.4, 0.5) is 10.5 Å². The summed E-state index contributed by atoms with van der Waals surface area (Å²) < 4.78 is 10.4. The van der Waals surface area contributed by atoms with Gasteiger partial charge in [0.05, 0.1) is 30.9 Å². The lowest BCUT2D eigenvalue weighted by atomic mass is 10.2. The number of cyclic esters (lactones) is 1. The number of carbonyl (C=O) groups is 2. The molecule has 138 valence electrons. The second-order valence-electron chi connectivity index (χ2n) is 6.00. The van der Waals surface area contributed by atoms with Crippen LogP contribution in [0.5, 0.6) is 0 Å². The number of hydrogen-bond acceptors (Lipinski definition) is 6. The molecule has 2 atom stereocenters. The lowest BCUT2D eigenvalue weighted by molar-refractivity contribution is 0.0596. The molecule has 6 nitrogen and oxygen atoms in total. The summed E-state index contributed by atoms with van der Waals surface area (Å²) in [5.41, 5.74) is 1.71. The summed E-state index contributed by atoms with van der Waals surface area (Å²) in [5, 5.41) is 8.82. The SMILES string of the molecule is COC(=O)c1ccccc1SC(C)C1CN(c2ccc(C#N)cc2)C(=O)O1. The molecule has 27 heavy (non-hydrogen) atoms. The van der Waals surface area contributed by atoms with Crippen molar-refractivity contribution in [2.45, 2.75) is 23.2 Å². The Morgan fingerprint density at radius 3 is 2.67 bits per heavy atom. The van der Waals surface area contributed by atoms with E-state index in [1.54, 1.807) is 41.3 Å². The van der Waals surface area contributed by atoms with Crippen LogP contribution >= 0.6 is 11.8 Å². The van der Waals surface area contributed by atoms with Crippen LogP contribution in [0.1, 0.15) is 22.8 Å². The number of nitriles is 1. The number of thioether (sulfide) groups is 1. The standard InChI is InChI=1S/C20H18N2O4S/c1-13(27-18-6-4-3-5-16(18)19(23)25-2)17-12-22(20(24)26-17)15-9-7-14(11-21)8-10-15/h3-10,13,17H,12H2,1-2H3. The molecule has 0 aliphatic carbocycles. The van der Waals surface area contributed by atoms with Crippen molar-refractivity contribution in [1.29, 1.82) is 5.26 Å². The molecule has 7 heteroatoms. The van der Waals surface area contributed by atoms with Crippen LogP contribution in [0.2, 0.25) is 0 Å². The Kier molecular flexibility index (Phi) is 5.67. The van der Waals surface area contributed by atoms with Crippen molar-refractivity contribution in [2.24, 2.45) is 0 Å². The van der Waals surface area contributed by atoms with E-state index in [4.69, 9.17) is 14.7 Å². The maximum atomic E-state index is 12.3. The Labute approximate surface area is 161 Å². The number of methoxy groups -OCH3 is 1. The Morgan fingerprint density at radius 2 is 2.00 bits per heavy atom. The van der Waals surface area contributed by atoms with E-state index in [0.717, 1.165) is 4.90 Å². The van der Waals surface area contributed by atoms with Crippen molar-refractivity contribution in [3.8, 4) is 6.07 Å². The third-order valence-electron chi connectivity index (χ3n) is 4.27. The number of anilines is 1. The van der Waals surface area contributed by atoms with Crippen LogP contribution in [0.3, 0.4) is 0 Å². The average molecular weight is 382 g/mol. The molecule has 1 fully saturated rings. The Morgan fingerprint density at radius 1 is 1.30 bits per heavy atom. The fourth-order valence-corrected chi connectivity index (χ4v) is 3.91. The predicted molar refractivity (Wildman–Crippen MR) is 102 cm³/mol. The number of benzene rings is 2. The lowest BCUT2D eigenvalue weighted by Crippen LogP contribution is -2.27. The highest BCUT2D eigenvalue weighted by molar-refractivity contribution is 8.00. The molecule has 1 saturated heterocycles. The van der Waals surface area contributed by atoms with Crippen molar-refractivity contribution < 1.29 is 19.1 Å². The number of nitrogens with zero attached hydrogens (tertiary/aromatic N) is 2. The molecule has 1 aliphatic heterocycles. The van der Waals surface area contributed by atoms with Gasteiger partial charge in [0, 0.05) is 15.8 Å². The molecular formula is C20H18N2O4S. The van der Waals surface area contributed by atoms with Crippen molar-refractivity contribution in [2.75, 3.05) is 18.6 Å². The third-order valence-corrected chi connectivity index (χ3v) is 5.56. The largest absolute Gasteiger partial charge is 0.465 e. The highest BCUT2D eigenvalue weighted by Crippen LogP contribution is 2.33. The van der Waals surface area contributed by atoms with Gasteiger partial charge in [0.2, 0.25) is 0 Å². The summed E-state index contributed by atoms with van der Waals surface area (Å²) in [6.45, 7) is 2.36. The van der Waals surface area contributed by atoms with E-state index in [2.05, 4.69) is 6.07 Å². The summed E-state index contributed by atoms with van der Waals surface area (Å²) in [5.74, 6) is -0.395. The zero-order valence-electron chi connectivity index (χ0n) is 14.9. The van der Waals surface area contributed by atoms with Gasteiger partial charge in [0.25, 0.3) is 0 Å². The molecule has 1 heterocycles. The molecule has 1 amide bonds. The highest BCUT2D eigenvalue weighted by atomic mass is 32.2. The number of carbonyl (C=O) groups excluding carboxylic acids is 2. The van der Waals surface area contributed by atoms with Crippen molar-refractivity contribution >= 4 is 29.5 Å². The van der Waals surface area contributed by atoms with E-state index in [9.17, 15) is 9.59 Å². The second kappa shape index (κ2) is 8.14. The van der Waals surface area contributed by atoms with E-state index in [-0.39, 0.29) is 11.4 Å². The molecule has 0 bridgehead atoms. The van der Waals surface area contributed by atoms with E-state index in [1.165, 1.54) is 18.9 Å². The molecule has 2 unspecified atom stereocenters. The molecule has 0 aromatic heterocycles. The molecule has 2 aromatic rings. The number of amides is 1. The molecule has 0 saturated carbocycles. The quantitative estimate of drug-likeness (QED) is 0.577. The average Bonchev–Trinajstić information content (AvgIpc) is 3.09. The molecule has 2 aromatic carbocycles. The van der Waals surface area contributed by atoms with E-state index in [0.29, 0.717) is 23.4 Å². The van der Waals surface area contributed by atoms with Crippen LogP contribution in [0, 0.1) is 11.3 Å². The second-order valence-corrected chi connectivity index (χ2v) is 7.42. The van der Waals surface area contributed by atoms with Gasteiger partial charge in [0.1, 0.15) is 6.10 Å². The maximum Gasteiger partial charge on any atom is 0.414 e. The highest BCUT2D eigenvalue weighted by Gasteiger charge is 2.36. The van der Waals surface area contributed by atoms with Crippen LogP contribution in [0.15, 0.2) is 53.4 Å². The summed E-state index contributed by atoms with van der Waals surface area (Å²) in [6.07, 6.45) is -0.748. The van der Waals surface area contributed by atoms with Gasteiger partial charge in [-0.25, -0.2) is 9.59 Å². The number of rotatable bonds is 5. The van der Waals surface area contributed by atoms with Gasteiger partial charge in [-0.15, -0.1) is 11.8 Å². The minimum atomic E-state index is -0.418. The van der Waals surface area contributed by atoms with Crippen LogP contribution in [-0.4, -0.2) is 37.1 Å². The van der Waals surface area contributed by atoms with Crippen molar-refractivity contribution in [3.63, 3.8) is 0 Å².